The number of nitrogens with zero attached hydrogens (tertiary/aromatic N) is 1. The summed E-state index contributed by atoms with van der Waals surface area (Å²) in [5.74, 6) is -0.492. The van der Waals surface area contributed by atoms with Crippen LogP contribution in [0.15, 0.2) is 42.7 Å². The predicted molar refractivity (Wildman–Crippen MR) is 102 cm³/mol. The van der Waals surface area contributed by atoms with Crippen molar-refractivity contribution in [2.45, 2.75) is 27.3 Å². The topological polar surface area (TPSA) is 84.1 Å². The van der Waals surface area contributed by atoms with E-state index in [1.807, 2.05) is 0 Å². The molecule has 6 nitrogen and oxygen atoms in total. The first-order valence-corrected chi connectivity index (χ1v) is 8.71. The first kappa shape index (κ1) is 19.3. The van der Waals surface area contributed by atoms with Gasteiger partial charge < -0.3 is 15.0 Å². The molecule has 7 heteroatoms. The minimum Gasteiger partial charge on any atom is -0.453 e. The largest absolute Gasteiger partial charge is 0.453 e. The third kappa shape index (κ3) is 4.09. The fraction of sp³-hybridized carbons (Fsp3) is 0.190. The average Bonchev–Trinajstić information content (AvgIpc) is 2.97. The number of rotatable bonds is 6. The van der Waals surface area contributed by atoms with Crippen molar-refractivity contribution < 1.29 is 18.7 Å². The third-order valence-electron chi connectivity index (χ3n) is 4.33. The number of hydrogen-bond donors (Lipinski definition) is 2. The van der Waals surface area contributed by atoms with E-state index in [2.05, 4.69) is 15.3 Å². The van der Waals surface area contributed by atoms with Crippen LogP contribution in [0.3, 0.4) is 0 Å². The highest BCUT2D eigenvalue weighted by Crippen LogP contribution is 2.24. The second kappa shape index (κ2) is 8.04. The van der Waals surface area contributed by atoms with E-state index in [-0.39, 0.29) is 24.0 Å². The first-order valence-electron chi connectivity index (χ1n) is 8.71. The molecule has 0 fully saturated rings. The summed E-state index contributed by atoms with van der Waals surface area (Å²) in [6.07, 6.45) is 3.09. The number of benzene rings is 1. The molecule has 0 atom stereocenters. The number of ether oxygens (including phenoxy) is 1. The Morgan fingerprint density at radius 1 is 1.25 bits per heavy atom. The van der Waals surface area contributed by atoms with Crippen molar-refractivity contribution in [2.75, 3.05) is 0 Å². The third-order valence-corrected chi connectivity index (χ3v) is 4.33. The van der Waals surface area contributed by atoms with Crippen LogP contribution in [-0.2, 0) is 6.54 Å². The highest BCUT2D eigenvalue weighted by atomic mass is 19.1. The quantitative estimate of drug-likeness (QED) is 0.630. The van der Waals surface area contributed by atoms with Gasteiger partial charge in [0.05, 0.1) is 6.20 Å². The lowest BCUT2D eigenvalue weighted by atomic mass is 10.1. The molecule has 144 valence electrons. The van der Waals surface area contributed by atoms with E-state index >= 15 is 0 Å². The van der Waals surface area contributed by atoms with Gasteiger partial charge in [0.2, 0.25) is 0 Å². The van der Waals surface area contributed by atoms with Gasteiger partial charge >= 0.3 is 0 Å². The minimum atomic E-state index is -0.540. The molecule has 0 aliphatic heterocycles. The molecule has 0 bridgehead atoms. The molecule has 0 unspecified atom stereocenters. The Morgan fingerprint density at radius 2 is 2.04 bits per heavy atom. The van der Waals surface area contributed by atoms with Crippen molar-refractivity contribution in [3.8, 4) is 11.5 Å². The summed E-state index contributed by atoms with van der Waals surface area (Å²) in [6.45, 7) is 5.06. The van der Waals surface area contributed by atoms with Crippen LogP contribution >= 0.6 is 0 Å². The first-order chi connectivity index (χ1) is 13.4. The lowest BCUT2D eigenvalue weighted by molar-refractivity contribution is 0.0945. The molecule has 2 heterocycles. The maximum atomic E-state index is 14.3. The van der Waals surface area contributed by atoms with Gasteiger partial charge in [-0.15, -0.1) is 0 Å². The van der Waals surface area contributed by atoms with Gasteiger partial charge in [0, 0.05) is 24.0 Å². The molecule has 2 aromatic heterocycles. The number of carbonyl (C=O) groups excluding carboxylic acids is 2. The zero-order valence-electron chi connectivity index (χ0n) is 15.8. The van der Waals surface area contributed by atoms with E-state index in [4.69, 9.17) is 4.74 Å². The van der Waals surface area contributed by atoms with E-state index in [1.54, 1.807) is 38.2 Å². The fourth-order valence-corrected chi connectivity index (χ4v) is 3.05. The second-order valence-corrected chi connectivity index (χ2v) is 6.42. The van der Waals surface area contributed by atoms with Crippen molar-refractivity contribution in [1.29, 1.82) is 0 Å². The summed E-state index contributed by atoms with van der Waals surface area (Å²) < 4.78 is 19.7. The van der Waals surface area contributed by atoms with Crippen molar-refractivity contribution in [2.24, 2.45) is 0 Å². The van der Waals surface area contributed by atoms with Crippen LogP contribution in [0.1, 0.15) is 44.6 Å². The number of aromatic nitrogens is 2. The summed E-state index contributed by atoms with van der Waals surface area (Å²) in [4.78, 5) is 31.0. The fourth-order valence-electron chi connectivity index (χ4n) is 3.05. The number of Topliss-reactive ketones (excluding diaryl/α,β-unsaturated/α-hetero) is 1. The second-order valence-electron chi connectivity index (χ2n) is 6.42. The Labute approximate surface area is 161 Å². The van der Waals surface area contributed by atoms with Crippen LogP contribution in [0.5, 0.6) is 11.5 Å². The number of hydrogen-bond acceptors (Lipinski definition) is 4. The minimum absolute atomic E-state index is 0.0741. The van der Waals surface area contributed by atoms with E-state index in [1.165, 1.54) is 25.3 Å². The lowest BCUT2D eigenvalue weighted by Crippen LogP contribution is -2.24. The normalized spacial score (nSPS) is 10.6. The van der Waals surface area contributed by atoms with Crippen LogP contribution in [0, 0.1) is 19.7 Å². The average molecular weight is 381 g/mol. The number of pyridine rings is 1. The van der Waals surface area contributed by atoms with E-state index < -0.39 is 5.82 Å². The van der Waals surface area contributed by atoms with Gasteiger partial charge in [-0.25, -0.2) is 4.39 Å². The number of nitrogens with one attached hydrogen (secondary N) is 2. The number of aryl methyl sites for hydroxylation is 1. The molecule has 0 aliphatic carbocycles. The van der Waals surface area contributed by atoms with Crippen LogP contribution in [0.2, 0.25) is 0 Å². The number of aromatic amines is 1. The molecule has 1 amide bonds. The van der Waals surface area contributed by atoms with Crippen LogP contribution in [0.4, 0.5) is 4.39 Å². The Bertz CT molecular complexity index is 1030. The van der Waals surface area contributed by atoms with Gasteiger partial charge in [0.1, 0.15) is 11.4 Å². The zero-order chi connectivity index (χ0) is 20.3. The highest BCUT2D eigenvalue weighted by molar-refractivity contribution is 6.02. The van der Waals surface area contributed by atoms with Crippen LogP contribution < -0.4 is 10.1 Å². The van der Waals surface area contributed by atoms with E-state index in [0.29, 0.717) is 33.8 Å². The van der Waals surface area contributed by atoms with Gasteiger partial charge in [-0.2, -0.15) is 0 Å². The van der Waals surface area contributed by atoms with Gasteiger partial charge in [-0.3, -0.25) is 14.6 Å². The molecular weight excluding hydrogens is 361 g/mol. The molecule has 0 saturated carbocycles. The summed E-state index contributed by atoms with van der Waals surface area (Å²) in [6, 6.07) is 7.85. The van der Waals surface area contributed by atoms with Gasteiger partial charge in [0.15, 0.2) is 17.3 Å². The Balaban J connectivity index is 1.68. The standard InChI is InChI=1S/C21H20FN3O3/c1-12-19(14(3)26)13(2)25-20(12)21(27)24-10-15-6-7-18(17(22)9-15)28-16-5-4-8-23-11-16/h4-9,11,25H,10H2,1-3H3,(H,24,27). The van der Waals surface area contributed by atoms with Gasteiger partial charge in [-0.05, 0) is 56.2 Å². The Hall–Kier alpha value is -3.48. The molecule has 2 N–H and O–H groups in total. The number of carbonyl (C=O) groups is 2. The smallest absolute Gasteiger partial charge is 0.268 e. The number of ketones is 1. The van der Waals surface area contributed by atoms with Gasteiger partial charge in [-0.1, -0.05) is 6.07 Å². The Morgan fingerprint density at radius 3 is 2.64 bits per heavy atom. The highest BCUT2D eigenvalue weighted by Gasteiger charge is 2.19. The van der Waals surface area contributed by atoms with Crippen molar-refractivity contribution >= 4 is 11.7 Å². The number of H-pyrrole nitrogens is 1. The van der Waals surface area contributed by atoms with Crippen molar-refractivity contribution in [1.82, 2.24) is 15.3 Å². The molecule has 3 aromatic rings. The molecule has 3 rings (SSSR count). The van der Waals surface area contributed by atoms with Crippen molar-refractivity contribution in [3.63, 3.8) is 0 Å². The van der Waals surface area contributed by atoms with E-state index in [9.17, 15) is 14.0 Å². The summed E-state index contributed by atoms with van der Waals surface area (Å²) >= 11 is 0. The number of amides is 1. The lowest BCUT2D eigenvalue weighted by Gasteiger charge is -2.09. The molecule has 0 aliphatic rings. The predicted octanol–water partition coefficient (Wildman–Crippen LogP) is 4.09. The zero-order valence-corrected chi connectivity index (χ0v) is 15.8. The SMILES string of the molecule is CC(=O)c1c(C)[nH]c(C(=O)NCc2ccc(Oc3cccnc3)c(F)c2)c1C. The molecule has 1 aromatic carbocycles. The molecular formula is C21H20FN3O3. The monoisotopic (exact) mass is 381 g/mol. The van der Waals surface area contributed by atoms with Crippen LogP contribution in [-0.4, -0.2) is 21.7 Å². The van der Waals surface area contributed by atoms with Gasteiger partial charge in [0.25, 0.3) is 5.91 Å². The number of halogens is 1. The Kier molecular flexibility index (Phi) is 5.54. The summed E-state index contributed by atoms with van der Waals surface area (Å²) in [5.41, 5.74) is 2.69. The molecule has 0 spiro atoms. The van der Waals surface area contributed by atoms with Crippen molar-refractivity contribution in [3.05, 3.63) is 76.6 Å². The molecule has 0 radical (unpaired) electrons. The maximum absolute atomic E-state index is 14.3. The maximum Gasteiger partial charge on any atom is 0.268 e. The summed E-state index contributed by atoms with van der Waals surface area (Å²) in [5, 5.41) is 2.73. The summed E-state index contributed by atoms with van der Waals surface area (Å²) in [7, 11) is 0. The van der Waals surface area contributed by atoms with Crippen LogP contribution in [0.25, 0.3) is 0 Å². The van der Waals surface area contributed by atoms with E-state index in [0.717, 1.165) is 0 Å². The molecule has 0 saturated heterocycles. The molecule has 28 heavy (non-hydrogen) atoms.